The lowest BCUT2D eigenvalue weighted by atomic mass is 9.72. The molecule has 2 rings (SSSR count). The van der Waals surface area contributed by atoms with Crippen molar-refractivity contribution in [2.75, 3.05) is 19.6 Å². The lowest BCUT2D eigenvalue weighted by molar-refractivity contribution is -0.138. The molecule has 1 fully saturated rings. The fourth-order valence-electron chi connectivity index (χ4n) is 2.72. The Morgan fingerprint density at radius 3 is 2.26 bits per heavy atom. The molecule has 5 heteroatoms. The average molecular weight is 262 g/mol. The minimum atomic E-state index is -0.841. The summed E-state index contributed by atoms with van der Waals surface area (Å²) in [6.45, 7) is 1.16. The van der Waals surface area contributed by atoms with Gasteiger partial charge in [-0.15, -0.1) is 0 Å². The molecule has 0 aliphatic carbocycles. The van der Waals surface area contributed by atoms with Gasteiger partial charge in [0.2, 0.25) is 5.91 Å². The van der Waals surface area contributed by atoms with E-state index in [0.717, 1.165) is 5.56 Å². The monoisotopic (exact) mass is 262 g/mol. The molecule has 0 saturated carbocycles. The first kappa shape index (κ1) is 13.5. The zero-order valence-corrected chi connectivity index (χ0v) is 10.7. The zero-order chi connectivity index (χ0) is 13.9. The van der Waals surface area contributed by atoms with Gasteiger partial charge < -0.3 is 10.8 Å². The molecule has 1 aliphatic heterocycles. The van der Waals surface area contributed by atoms with Crippen LogP contribution in [0.4, 0.5) is 0 Å². The number of nitrogens with zero attached hydrogens (tertiary/aromatic N) is 1. The molecule has 1 amide bonds. The summed E-state index contributed by atoms with van der Waals surface area (Å²) in [6, 6.07) is 9.51. The molecule has 1 aliphatic rings. The Morgan fingerprint density at radius 2 is 1.79 bits per heavy atom. The lowest BCUT2D eigenvalue weighted by Crippen LogP contribution is -2.50. The Bertz CT molecular complexity index is 465. The molecule has 19 heavy (non-hydrogen) atoms. The van der Waals surface area contributed by atoms with Gasteiger partial charge in [-0.2, -0.15) is 0 Å². The summed E-state index contributed by atoms with van der Waals surface area (Å²) in [6.07, 6.45) is 1.14. The maximum atomic E-state index is 11.9. The van der Waals surface area contributed by atoms with Crippen LogP contribution in [-0.2, 0) is 15.0 Å². The van der Waals surface area contributed by atoms with Gasteiger partial charge in [0, 0.05) is 13.1 Å². The predicted octanol–water partition coefficient (Wildman–Crippen LogP) is 0.590. The molecule has 1 saturated heterocycles. The molecular formula is C14H18N2O3. The van der Waals surface area contributed by atoms with Crippen molar-refractivity contribution in [2.24, 2.45) is 5.73 Å². The van der Waals surface area contributed by atoms with Crippen molar-refractivity contribution >= 4 is 11.9 Å². The van der Waals surface area contributed by atoms with E-state index in [9.17, 15) is 9.59 Å². The summed E-state index contributed by atoms with van der Waals surface area (Å²) >= 11 is 0. The molecule has 0 radical (unpaired) electrons. The molecule has 0 bridgehead atoms. The summed E-state index contributed by atoms with van der Waals surface area (Å²) in [5, 5.41) is 8.79. The van der Waals surface area contributed by atoms with Crippen molar-refractivity contribution in [3.63, 3.8) is 0 Å². The highest BCUT2D eigenvalue weighted by atomic mass is 16.4. The third-order valence-electron chi connectivity index (χ3n) is 3.87. The fraction of sp³-hybridized carbons (Fsp3) is 0.429. The van der Waals surface area contributed by atoms with Crippen LogP contribution in [0, 0.1) is 0 Å². The van der Waals surface area contributed by atoms with Crippen molar-refractivity contribution in [3.05, 3.63) is 35.9 Å². The second-order valence-corrected chi connectivity index (χ2v) is 4.98. The van der Waals surface area contributed by atoms with E-state index in [0.29, 0.717) is 25.9 Å². The fourth-order valence-corrected chi connectivity index (χ4v) is 2.72. The first-order valence-electron chi connectivity index (χ1n) is 6.34. The number of nitrogens with two attached hydrogens (primary N) is 1. The number of rotatable bonds is 4. The standard InChI is InChI=1S/C14H18N2O3/c15-13(19)14(11-4-2-1-3-5-11)6-8-16(9-7-14)10-12(17)18/h1-5H,6-10H2,(H2,15,19)(H,17,18). The van der Waals surface area contributed by atoms with Gasteiger partial charge in [0.05, 0.1) is 12.0 Å². The SMILES string of the molecule is NC(=O)C1(c2ccccc2)CCN(CC(=O)O)CC1. The third-order valence-corrected chi connectivity index (χ3v) is 3.87. The first-order chi connectivity index (χ1) is 9.04. The van der Waals surface area contributed by atoms with Crippen LogP contribution in [0.1, 0.15) is 18.4 Å². The molecule has 0 aromatic heterocycles. The van der Waals surface area contributed by atoms with Gasteiger partial charge in [0.25, 0.3) is 0 Å². The van der Waals surface area contributed by atoms with Crippen molar-refractivity contribution in [2.45, 2.75) is 18.3 Å². The highest BCUT2D eigenvalue weighted by molar-refractivity contribution is 5.87. The number of piperidine rings is 1. The molecule has 5 nitrogen and oxygen atoms in total. The zero-order valence-electron chi connectivity index (χ0n) is 10.7. The number of carbonyl (C=O) groups excluding carboxylic acids is 1. The molecule has 1 aromatic rings. The lowest BCUT2D eigenvalue weighted by Gasteiger charge is -2.39. The van der Waals surface area contributed by atoms with Gasteiger partial charge in [-0.25, -0.2) is 0 Å². The van der Waals surface area contributed by atoms with E-state index in [4.69, 9.17) is 10.8 Å². The minimum Gasteiger partial charge on any atom is -0.480 e. The first-order valence-corrected chi connectivity index (χ1v) is 6.34. The maximum absolute atomic E-state index is 11.9. The molecule has 1 aromatic carbocycles. The molecule has 0 atom stereocenters. The van der Waals surface area contributed by atoms with E-state index in [1.54, 1.807) is 0 Å². The summed E-state index contributed by atoms with van der Waals surface area (Å²) < 4.78 is 0. The van der Waals surface area contributed by atoms with E-state index in [1.165, 1.54) is 0 Å². The molecule has 3 N–H and O–H groups in total. The molecule has 1 heterocycles. The summed E-state index contributed by atoms with van der Waals surface area (Å²) in [5.41, 5.74) is 5.88. The van der Waals surface area contributed by atoms with Gasteiger partial charge in [-0.05, 0) is 18.4 Å². The van der Waals surface area contributed by atoms with Crippen LogP contribution in [0.3, 0.4) is 0 Å². The Labute approximate surface area is 112 Å². The normalized spacial score (nSPS) is 18.9. The minimum absolute atomic E-state index is 0.0175. The van der Waals surface area contributed by atoms with Gasteiger partial charge >= 0.3 is 5.97 Å². The predicted molar refractivity (Wildman–Crippen MR) is 70.6 cm³/mol. The summed E-state index contributed by atoms with van der Waals surface area (Å²) in [7, 11) is 0. The number of hydrogen-bond donors (Lipinski definition) is 2. The maximum Gasteiger partial charge on any atom is 0.317 e. The quantitative estimate of drug-likeness (QED) is 0.832. The Balaban J connectivity index is 2.17. The van der Waals surface area contributed by atoms with E-state index in [1.807, 2.05) is 35.2 Å². The van der Waals surface area contributed by atoms with Gasteiger partial charge in [0.1, 0.15) is 0 Å². The van der Waals surface area contributed by atoms with E-state index in [2.05, 4.69) is 0 Å². The topological polar surface area (TPSA) is 83.6 Å². The molecular weight excluding hydrogens is 244 g/mol. The molecule has 0 spiro atoms. The average Bonchev–Trinajstić information content (AvgIpc) is 2.40. The van der Waals surface area contributed by atoms with Crippen molar-refractivity contribution < 1.29 is 14.7 Å². The number of primary amides is 1. The number of benzene rings is 1. The van der Waals surface area contributed by atoms with E-state index < -0.39 is 11.4 Å². The third kappa shape index (κ3) is 2.76. The Kier molecular flexibility index (Phi) is 3.85. The number of carboxylic acid groups (broad SMARTS) is 1. The highest BCUT2D eigenvalue weighted by Crippen LogP contribution is 2.35. The number of amides is 1. The van der Waals surface area contributed by atoms with Crippen LogP contribution in [-0.4, -0.2) is 41.5 Å². The van der Waals surface area contributed by atoms with Crippen molar-refractivity contribution in [3.8, 4) is 0 Å². The van der Waals surface area contributed by atoms with Gasteiger partial charge in [0.15, 0.2) is 0 Å². The van der Waals surface area contributed by atoms with Crippen LogP contribution in [0.2, 0.25) is 0 Å². The van der Waals surface area contributed by atoms with Gasteiger partial charge in [-0.3, -0.25) is 14.5 Å². The summed E-state index contributed by atoms with van der Waals surface area (Å²) in [5.74, 6) is -1.17. The van der Waals surface area contributed by atoms with Crippen LogP contribution < -0.4 is 5.73 Å². The van der Waals surface area contributed by atoms with Crippen LogP contribution in [0.5, 0.6) is 0 Å². The Morgan fingerprint density at radius 1 is 1.21 bits per heavy atom. The Hall–Kier alpha value is -1.88. The van der Waals surface area contributed by atoms with Crippen molar-refractivity contribution in [1.82, 2.24) is 4.90 Å². The second kappa shape index (κ2) is 5.40. The number of hydrogen-bond acceptors (Lipinski definition) is 3. The molecule has 0 unspecified atom stereocenters. The second-order valence-electron chi connectivity index (χ2n) is 4.98. The highest BCUT2D eigenvalue weighted by Gasteiger charge is 2.41. The van der Waals surface area contributed by atoms with Crippen LogP contribution in [0.25, 0.3) is 0 Å². The smallest absolute Gasteiger partial charge is 0.317 e. The number of likely N-dealkylation sites (tertiary alicyclic amines) is 1. The summed E-state index contributed by atoms with van der Waals surface area (Å²) in [4.78, 5) is 24.4. The van der Waals surface area contributed by atoms with Crippen molar-refractivity contribution in [1.29, 1.82) is 0 Å². The van der Waals surface area contributed by atoms with Gasteiger partial charge in [-0.1, -0.05) is 30.3 Å². The van der Waals surface area contributed by atoms with Crippen LogP contribution >= 0.6 is 0 Å². The van der Waals surface area contributed by atoms with E-state index >= 15 is 0 Å². The number of carbonyl (C=O) groups is 2. The van der Waals surface area contributed by atoms with E-state index in [-0.39, 0.29) is 12.5 Å². The largest absolute Gasteiger partial charge is 0.480 e. The molecule has 102 valence electrons. The number of aliphatic carboxylic acids is 1. The van der Waals surface area contributed by atoms with Crippen LogP contribution in [0.15, 0.2) is 30.3 Å². The number of carboxylic acids is 1.